The lowest BCUT2D eigenvalue weighted by Crippen LogP contribution is -2.51. The smallest absolute Gasteiger partial charge is 0.224 e. The van der Waals surface area contributed by atoms with E-state index in [4.69, 9.17) is 15.6 Å². The third-order valence-electron chi connectivity index (χ3n) is 3.03. The maximum Gasteiger partial charge on any atom is 0.224 e. The second kappa shape index (κ2) is 6.18. The zero-order chi connectivity index (χ0) is 12.1. The molecule has 0 saturated carbocycles. The minimum Gasteiger partial charge on any atom is -0.394 e. The average Bonchev–Trinajstić information content (AvgIpc) is 2.28. The third kappa shape index (κ3) is 3.43. The van der Waals surface area contributed by atoms with Crippen LogP contribution in [0.1, 0.15) is 20.3 Å². The van der Waals surface area contributed by atoms with Crippen LogP contribution in [0, 0.1) is 5.92 Å². The van der Waals surface area contributed by atoms with E-state index in [1.165, 1.54) is 0 Å². The fourth-order valence-electron chi connectivity index (χ4n) is 1.69. The maximum atomic E-state index is 12.0. The van der Waals surface area contributed by atoms with Gasteiger partial charge < -0.3 is 20.5 Å². The second-order valence-corrected chi connectivity index (χ2v) is 4.61. The molecule has 2 unspecified atom stereocenters. The molecule has 3 N–H and O–H groups in total. The number of morpholine rings is 1. The molecule has 0 radical (unpaired) electrons. The molecule has 16 heavy (non-hydrogen) atoms. The summed E-state index contributed by atoms with van der Waals surface area (Å²) in [6.45, 7) is 5.46. The molecule has 0 bridgehead atoms. The molecule has 0 aromatic heterocycles. The van der Waals surface area contributed by atoms with Crippen molar-refractivity contribution in [1.82, 2.24) is 4.90 Å². The first-order valence-corrected chi connectivity index (χ1v) is 5.80. The van der Waals surface area contributed by atoms with Gasteiger partial charge in [0.25, 0.3) is 0 Å². The lowest BCUT2D eigenvalue weighted by Gasteiger charge is -2.35. The van der Waals surface area contributed by atoms with Gasteiger partial charge in [-0.1, -0.05) is 13.8 Å². The lowest BCUT2D eigenvalue weighted by molar-refractivity contribution is -0.142. The highest BCUT2D eigenvalue weighted by atomic mass is 16.5. The maximum absolute atomic E-state index is 12.0. The Morgan fingerprint density at radius 2 is 2.31 bits per heavy atom. The lowest BCUT2D eigenvalue weighted by atomic mass is 10.0. The Balaban J connectivity index is 2.50. The SMILES string of the molecule is CC(C)C(N)CC(=O)N1CCOCC1CO. The minimum absolute atomic E-state index is 0.0172. The van der Waals surface area contributed by atoms with Crippen LogP contribution in [0.3, 0.4) is 0 Å². The van der Waals surface area contributed by atoms with Crippen LogP contribution in [0.4, 0.5) is 0 Å². The van der Waals surface area contributed by atoms with Crippen LogP contribution in [0.15, 0.2) is 0 Å². The topological polar surface area (TPSA) is 75.8 Å². The van der Waals surface area contributed by atoms with Gasteiger partial charge in [0.15, 0.2) is 0 Å². The van der Waals surface area contributed by atoms with Gasteiger partial charge in [0.2, 0.25) is 5.91 Å². The Morgan fingerprint density at radius 1 is 1.62 bits per heavy atom. The van der Waals surface area contributed by atoms with Crippen molar-refractivity contribution in [1.29, 1.82) is 0 Å². The van der Waals surface area contributed by atoms with E-state index >= 15 is 0 Å². The van der Waals surface area contributed by atoms with Crippen molar-refractivity contribution < 1.29 is 14.6 Å². The van der Waals surface area contributed by atoms with Gasteiger partial charge >= 0.3 is 0 Å². The van der Waals surface area contributed by atoms with Gasteiger partial charge in [0.1, 0.15) is 0 Å². The Morgan fingerprint density at radius 3 is 2.88 bits per heavy atom. The fraction of sp³-hybridized carbons (Fsp3) is 0.909. The molecule has 5 heteroatoms. The van der Waals surface area contributed by atoms with Gasteiger partial charge in [0.05, 0.1) is 25.9 Å². The summed E-state index contributed by atoms with van der Waals surface area (Å²) in [6, 6.07) is -0.324. The number of amides is 1. The van der Waals surface area contributed by atoms with Crippen molar-refractivity contribution in [3.8, 4) is 0 Å². The molecule has 1 amide bonds. The average molecular weight is 230 g/mol. The van der Waals surface area contributed by atoms with E-state index in [1.807, 2.05) is 13.8 Å². The summed E-state index contributed by atoms with van der Waals surface area (Å²) >= 11 is 0. The number of hydrogen-bond acceptors (Lipinski definition) is 4. The van der Waals surface area contributed by atoms with Crippen molar-refractivity contribution in [2.75, 3.05) is 26.4 Å². The van der Waals surface area contributed by atoms with Crippen LogP contribution in [0.25, 0.3) is 0 Å². The predicted octanol–water partition coefficient (Wildman–Crippen LogP) is -0.420. The summed E-state index contributed by atoms with van der Waals surface area (Å²) in [6.07, 6.45) is 0.341. The zero-order valence-corrected chi connectivity index (χ0v) is 10.1. The van der Waals surface area contributed by atoms with Gasteiger partial charge in [-0.25, -0.2) is 0 Å². The highest BCUT2D eigenvalue weighted by Gasteiger charge is 2.27. The Kier molecular flexibility index (Phi) is 5.18. The molecule has 0 aromatic rings. The zero-order valence-electron chi connectivity index (χ0n) is 10.1. The monoisotopic (exact) mass is 230 g/mol. The van der Waals surface area contributed by atoms with Gasteiger partial charge in [-0.2, -0.15) is 0 Å². The van der Waals surface area contributed by atoms with E-state index in [0.717, 1.165) is 0 Å². The van der Waals surface area contributed by atoms with E-state index in [-0.39, 0.29) is 30.5 Å². The van der Waals surface area contributed by atoms with Crippen LogP contribution in [0.2, 0.25) is 0 Å². The van der Waals surface area contributed by atoms with Crippen molar-refractivity contribution in [2.45, 2.75) is 32.4 Å². The van der Waals surface area contributed by atoms with E-state index in [9.17, 15) is 4.79 Å². The highest BCUT2D eigenvalue weighted by molar-refractivity contribution is 5.77. The molecular weight excluding hydrogens is 208 g/mol. The number of aliphatic hydroxyl groups excluding tert-OH is 1. The molecule has 0 aromatic carbocycles. The van der Waals surface area contributed by atoms with Crippen LogP contribution < -0.4 is 5.73 Å². The molecule has 1 rings (SSSR count). The van der Waals surface area contributed by atoms with Gasteiger partial charge in [-0.05, 0) is 5.92 Å². The largest absolute Gasteiger partial charge is 0.394 e. The number of nitrogens with two attached hydrogens (primary N) is 1. The summed E-state index contributed by atoms with van der Waals surface area (Å²) in [7, 11) is 0. The van der Waals surface area contributed by atoms with Crippen LogP contribution in [0.5, 0.6) is 0 Å². The number of carbonyl (C=O) groups excluding carboxylic acids is 1. The molecule has 0 aliphatic carbocycles. The molecular formula is C11H22N2O3. The quantitative estimate of drug-likeness (QED) is 0.688. The third-order valence-corrected chi connectivity index (χ3v) is 3.03. The van der Waals surface area contributed by atoms with Crippen LogP contribution in [-0.2, 0) is 9.53 Å². The summed E-state index contributed by atoms with van der Waals surface area (Å²) in [5, 5.41) is 9.15. The normalized spacial score (nSPS) is 23.6. The number of rotatable bonds is 4. The molecule has 1 heterocycles. The van der Waals surface area contributed by atoms with Gasteiger partial charge in [-0.3, -0.25) is 4.79 Å². The van der Waals surface area contributed by atoms with E-state index in [0.29, 0.717) is 26.2 Å². The molecule has 2 atom stereocenters. The fourth-order valence-corrected chi connectivity index (χ4v) is 1.69. The molecule has 5 nitrogen and oxygen atoms in total. The molecule has 1 aliphatic rings. The highest BCUT2D eigenvalue weighted by Crippen LogP contribution is 2.11. The number of ether oxygens (including phenoxy) is 1. The van der Waals surface area contributed by atoms with E-state index in [1.54, 1.807) is 4.90 Å². The first-order valence-electron chi connectivity index (χ1n) is 5.80. The van der Waals surface area contributed by atoms with Crippen LogP contribution in [-0.4, -0.2) is 54.4 Å². The molecule has 0 spiro atoms. The summed E-state index contributed by atoms with van der Waals surface area (Å²) in [4.78, 5) is 13.6. The van der Waals surface area contributed by atoms with Gasteiger partial charge in [-0.15, -0.1) is 0 Å². The van der Waals surface area contributed by atoms with Crippen molar-refractivity contribution in [2.24, 2.45) is 11.7 Å². The summed E-state index contributed by atoms with van der Waals surface area (Å²) in [5.74, 6) is 0.307. The molecule has 94 valence electrons. The Hall–Kier alpha value is -0.650. The van der Waals surface area contributed by atoms with Crippen LogP contribution >= 0.6 is 0 Å². The number of nitrogens with zero attached hydrogens (tertiary/aromatic N) is 1. The van der Waals surface area contributed by atoms with Crippen molar-refractivity contribution in [3.63, 3.8) is 0 Å². The summed E-state index contributed by atoms with van der Waals surface area (Å²) in [5.41, 5.74) is 5.87. The first kappa shape index (κ1) is 13.4. The second-order valence-electron chi connectivity index (χ2n) is 4.61. The number of carbonyl (C=O) groups is 1. The predicted molar refractivity (Wildman–Crippen MR) is 60.8 cm³/mol. The standard InChI is InChI=1S/C11H22N2O3/c1-8(2)10(12)5-11(15)13-3-4-16-7-9(13)6-14/h8-10,14H,3-7,12H2,1-2H3. The number of hydrogen-bond donors (Lipinski definition) is 2. The number of aliphatic hydroxyl groups is 1. The Labute approximate surface area is 96.6 Å². The van der Waals surface area contributed by atoms with E-state index < -0.39 is 0 Å². The van der Waals surface area contributed by atoms with Gasteiger partial charge in [0, 0.05) is 19.0 Å². The summed E-state index contributed by atoms with van der Waals surface area (Å²) < 4.78 is 5.22. The minimum atomic E-state index is -0.208. The van der Waals surface area contributed by atoms with Crippen molar-refractivity contribution in [3.05, 3.63) is 0 Å². The van der Waals surface area contributed by atoms with E-state index in [2.05, 4.69) is 0 Å². The molecule has 1 aliphatic heterocycles. The molecule has 1 saturated heterocycles. The Bertz CT molecular complexity index is 233. The molecule has 1 fully saturated rings. The van der Waals surface area contributed by atoms with Crippen molar-refractivity contribution >= 4 is 5.91 Å². The first-order chi connectivity index (χ1) is 7.56.